The van der Waals surface area contributed by atoms with E-state index in [4.69, 9.17) is 4.74 Å². The Kier molecular flexibility index (Phi) is 5.78. The number of likely N-dealkylation sites (N-methyl/N-ethyl adjacent to an activating group) is 1. The lowest BCUT2D eigenvalue weighted by atomic mass is 9.97. The SMILES string of the molecule is C[N+]1(CCOc2c(-c3ccccc3)cccc2-c2ccccc2)CCCCC1. The van der Waals surface area contributed by atoms with Crippen molar-refractivity contribution in [2.45, 2.75) is 19.3 Å². The second-order valence-electron chi connectivity index (χ2n) is 8.11. The van der Waals surface area contributed by atoms with Gasteiger partial charge in [-0.15, -0.1) is 0 Å². The van der Waals surface area contributed by atoms with Crippen molar-refractivity contribution in [2.24, 2.45) is 0 Å². The predicted molar refractivity (Wildman–Crippen MR) is 117 cm³/mol. The highest BCUT2D eigenvalue weighted by Gasteiger charge is 2.25. The molecule has 0 saturated carbocycles. The molecule has 3 aromatic carbocycles. The molecule has 1 aliphatic heterocycles. The molecule has 0 aliphatic carbocycles. The highest BCUT2D eigenvalue weighted by atomic mass is 16.5. The molecule has 0 unspecified atom stereocenters. The van der Waals surface area contributed by atoms with E-state index in [9.17, 15) is 0 Å². The molecule has 0 aromatic heterocycles. The Bertz CT molecular complexity index is 825. The Morgan fingerprint density at radius 1 is 0.679 bits per heavy atom. The Labute approximate surface area is 169 Å². The maximum Gasteiger partial charge on any atom is 0.137 e. The van der Waals surface area contributed by atoms with Crippen molar-refractivity contribution in [1.29, 1.82) is 0 Å². The fourth-order valence-corrected chi connectivity index (χ4v) is 4.25. The molecule has 2 heteroatoms. The van der Waals surface area contributed by atoms with Crippen molar-refractivity contribution in [3.05, 3.63) is 78.9 Å². The number of hydrogen-bond acceptors (Lipinski definition) is 1. The Hall–Kier alpha value is -2.58. The van der Waals surface area contributed by atoms with E-state index < -0.39 is 0 Å². The summed E-state index contributed by atoms with van der Waals surface area (Å²) >= 11 is 0. The molecule has 144 valence electrons. The van der Waals surface area contributed by atoms with E-state index in [0.29, 0.717) is 0 Å². The molecule has 3 aromatic rings. The van der Waals surface area contributed by atoms with Crippen LogP contribution in [0.2, 0.25) is 0 Å². The number of piperidine rings is 1. The molecule has 0 atom stereocenters. The topological polar surface area (TPSA) is 9.23 Å². The van der Waals surface area contributed by atoms with E-state index in [1.54, 1.807) is 0 Å². The van der Waals surface area contributed by atoms with Crippen molar-refractivity contribution in [3.8, 4) is 28.0 Å². The third kappa shape index (κ3) is 4.28. The minimum Gasteiger partial charge on any atom is -0.486 e. The van der Waals surface area contributed by atoms with E-state index in [0.717, 1.165) is 23.4 Å². The van der Waals surface area contributed by atoms with Crippen LogP contribution in [0.3, 0.4) is 0 Å². The number of benzene rings is 3. The summed E-state index contributed by atoms with van der Waals surface area (Å²) in [4.78, 5) is 0. The van der Waals surface area contributed by atoms with Gasteiger partial charge < -0.3 is 9.22 Å². The molecule has 4 rings (SSSR count). The van der Waals surface area contributed by atoms with Crippen LogP contribution in [0.15, 0.2) is 78.9 Å². The number of ether oxygens (including phenoxy) is 1. The number of rotatable bonds is 6. The first-order valence-electron chi connectivity index (χ1n) is 10.5. The van der Waals surface area contributed by atoms with Crippen molar-refractivity contribution in [1.82, 2.24) is 0 Å². The van der Waals surface area contributed by atoms with Crippen LogP contribution < -0.4 is 4.74 Å². The van der Waals surface area contributed by atoms with Crippen molar-refractivity contribution in [3.63, 3.8) is 0 Å². The largest absolute Gasteiger partial charge is 0.486 e. The minimum absolute atomic E-state index is 0.750. The van der Waals surface area contributed by atoms with Gasteiger partial charge in [0.1, 0.15) is 18.9 Å². The number of hydrogen-bond donors (Lipinski definition) is 0. The molecule has 1 fully saturated rings. The molecule has 0 N–H and O–H groups in total. The zero-order valence-electron chi connectivity index (χ0n) is 16.8. The summed E-state index contributed by atoms with van der Waals surface area (Å²) in [6.45, 7) is 4.36. The normalized spacial score (nSPS) is 15.9. The maximum absolute atomic E-state index is 6.53. The van der Waals surface area contributed by atoms with E-state index in [-0.39, 0.29) is 0 Å². The smallest absolute Gasteiger partial charge is 0.137 e. The number of para-hydroxylation sites is 1. The highest BCUT2D eigenvalue weighted by Crippen LogP contribution is 2.39. The molecule has 1 aliphatic rings. The molecule has 2 nitrogen and oxygen atoms in total. The Balaban J connectivity index is 1.64. The fraction of sp³-hybridized carbons (Fsp3) is 0.308. The van der Waals surface area contributed by atoms with Crippen molar-refractivity contribution in [2.75, 3.05) is 33.3 Å². The molecule has 28 heavy (non-hydrogen) atoms. The Morgan fingerprint density at radius 2 is 1.21 bits per heavy atom. The maximum atomic E-state index is 6.53. The van der Waals surface area contributed by atoms with E-state index in [2.05, 4.69) is 85.9 Å². The lowest BCUT2D eigenvalue weighted by Gasteiger charge is -2.37. The van der Waals surface area contributed by atoms with Crippen LogP contribution in [-0.4, -0.2) is 37.8 Å². The van der Waals surface area contributed by atoms with Gasteiger partial charge in [-0.25, -0.2) is 0 Å². The second kappa shape index (κ2) is 8.62. The quantitative estimate of drug-likeness (QED) is 0.480. The first-order valence-corrected chi connectivity index (χ1v) is 10.5. The zero-order chi connectivity index (χ0) is 19.2. The monoisotopic (exact) mass is 372 g/mol. The first-order chi connectivity index (χ1) is 13.8. The number of quaternary nitrogens is 1. The van der Waals surface area contributed by atoms with Crippen molar-refractivity contribution < 1.29 is 9.22 Å². The fourth-order valence-electron chi connectivity index (χ4n) is 4.25. The highest BCUT2D eigenvalue weighted by molar-refractivity contribution is 5.82. The van der Waals surface area contributed by atoms with Gasteiger partial charge in [0.05, 0.1) is 20.1 Å². The summed E-state index contributed by atoms with van der Waals surface area (Å²) in [5.41, 5.74) is 4.74. The predicted octanol–water partition coefficient (Wildman–Crippen LogP) is 6.03. The molecule has 0 amide bonds. The lowest BCUT2D eigenvalue weighted by Crippen LogP contribution is -2.50. The van der Waals surface area contributed by atoms with E-state index in [1.165, 1.54) is 54.6 Å². The van der Waals surface area contributed by atoms with E-state index in [1.807, 2.05) is 0 Å². The van der Waals surface area contributed by atoms with Crippen LogP contribution in [0.1, 0.15) is 19.3 Å². The van der Waals surface area contributed by atoms with Crippen LogP contribution in [-0.2, 0) is 0 Å². The molecule has 1 heterocycles. The van der Waals surface area contributed by atoms with Gasteiger partial charge in [-0.1, -0.05) is 78.9 Å². The summed E-state index contributed by atoms with van der Waals surface area (Å²) in [5, 5.41) is 0. The second-order valence-corrected chi connectivity index (χ2v) is 8.11. The van der Waals surface area contributed by atoms with Gasteiger partial charge in [0.25, 0.3) is 0 Å². The molecule has 1 saturated heterocycles. The summed E-state index contributed by atoms with van der Waals surface area (Å²) in [7, 11) is 2.38. The van der Waals surface area contributed by atoms with Gasteiger partial charge in [0, 0.05) is 11.1 Å². The van der Waals surface area contributed by atoms with Crippen molar-refractivity contribution >= 4 is 0 Å². The summed E-state index contributed by atoms with van der Waals surface area (Å²) in [6, 6.07) is 27.6. The third-order valence-electron chi connectivity index (χ3n) is 5.96. The first kappa shape index (κ1) is 18.8. The van der Waals surface area contributed by atoms with Crippen LogP contribution >= 0.6 is 0 Å². The summed E-state index contributed by atoms with van der Waals surface area (Å²) < 4.78 is 7.66. The molecule has 0 radical (unpaired) electrons. The summed E-state index contributed by atoms with van der Waals surface area (Å²) in [6.07, 6.45) is 4.06. The van der Waals surface area contributed by atoms with Crippen LogP contribution in [0.25, 0.3) is 22.3 Å². The summed E-state index contributed by atoms with van der Waals surface area (Å²) in [5.74, 6) is 1.00. The van der Waals surface area contributed by atoms with Gasteiger partial charge >= 0.3 is 0 Å². The van der Waals surface area contributed by atoms with Gasteiger partial charge in [0.15, 0.2) is 0 Å². The Morgan fingerprint density at radius 3 is 1.75 bits per heavy atom. The van der Waals surface area contributed by atoms with Crippen LogP contribution in [0, 0.1) is 0 Å². The van der Waals surface area contributed by atoms with Crippen LogP contribution in [0.5, 0.6) is 5.75 Å². The zero-order valence-corrected chi connectivity index (χ0v) is 16.8. The van der Waals surface area contributed by atoms with E-state index >= 15 is 0 Å². The molecule has 0 bridgehead atoms. The van der Waals surface area contributed by atoms with Crippen LogP contribution in [0.4, 0.5) is 0 Å². The average molecular weight is 373 g/mol. The standard InChI is InChI=1S/C26H30NO/c1-27(18-9-4-10-19-27)20-21-28-26-24(22-12-5-2-6-13-22)16-11-17-25(26)23-14-7-3-8-15-23/h2-3,5-8,11-17H,4,9-10,18-21H2,1H3/q+1. The third-order valence-corrected chi connectivity index (χ3v) is 5.96. The lowest BCUT2D eigenvalue weighted by molar-refractivity contribution is -0.914. The average Bonchev–Trinajstić information content (AvgIpc) is 2.75. The van der Waals surface area contributed by atoms with Gasteiger partial charge in [0.2, 0.25) is 0 Å². The number of nitrogens with zero attached hydrogens (tertiary/aromatic N) is 1. The molecular weight excluding hydrogens is 342 g/mol. The minimum atomic E-state index is 0.750. The van der Waals surface area contributed by atoms with Gasteiger partial charge in [-0.2, -0.15) is 0 Å². The molecular formula is C26H30NO+. The number of likely N-dealkylation sites (tertiary alicyclic amines) is 1. The van der Waals surface area contributed by atoms with Gasteiger partial charge in [-0.05, 0) is 30.4 Å². The van der Waals surface area contributed by atoms with Gasteiger partial charge in [-0.3, -0.25) is 0 Å². The molecule has 0 spiro atoms.